The average Bonchev–Trinajstić information content (AvgIpc) is 2.88. The van der Waals surface area contributed by atoms with Gasteiger partial charge in [0.1, 0.15) is 0 Å². The number of aromatic nitrogens is 2. The first kappa shape index (κ1) is 13.4. The van der Waals surface area contributed by atoms with E-state index in [0.29, 0.717) is 0 Å². The molecule has 1 aromatic heterocycles. The van der Waals surface area contributed by atoms with Crippen molar-refractivity contribution in [1.29, 1.82) is 0 Å². The molecule has 1 heterocycles. The third-order valence-corrected chi connectivity index (χ3v) is 4.57. The van der Waals surface area contributed by atoms with Gasteiger partial charge in [-0.05, 0) is 43.4 Å². The molecule has 0 aliphatic heterocycles. The van der Waals surface area contributed by atoms with Crippen LogP contribution in [0, 0.1) is 12.8 Å². The van der Waals surface area contributed by atoms with Gasteiger partial charge in [-0.25, -0.2) is 4.68 Å². The van der Waals surface area contributed by atoms with Gasteiger partial charge in [-0.15, -0.1) is 0 Å². The Balaban J connectivity index is 1.66. The highest BCUT2D eigenvalue weighted by Gasteiger charge is 2.14. The van der Waals surface area contributed by atoms with Crippen LogP contribution in [0.3, 0.4) is 0 Å². The first-order valence-corrected chi connectivity index (χ1v) is 7.93. The van der Waals surface area contributed by atoms with E-state index in [0.717, 1.165) is 11.6 Å². The van der Waals surface area contributed by atoms with E-state index in [4.69, 9.17) is 0 Å². The predicted molar refractivity (Wildman–Crippen MR) is 83.2 cm³/mol. The van der Waals surface area contributed by atoms with Crippen LogP contribution in [0.1, 0.15) is 49.8 Å². The van der Waals surface area contributed by atoms with Crippen molar-refractivity contribution in [3.8, 4) is 5.69 Å². The molecule has 1 fully saturated rings. The number of rotatable bonds is 4. The van der Waals surface area contributed by atoms with Gasteiger partial charge in [0.15, 0.2) is 0 Å². The number of benzene rings is 1. The first-order valence-electron chi connectivity index (χ1n) is 7.93. The van der Waals surface area contributed by atoms with Gasteiger partial charge in [0.05, 0.1) is 11.4 Å². The highest BCUT2D eigenvalue weighted by Crippen LogP contribution is 2.28. The fourth-order valence-corrected chi connectivity index (χ4v) is 3.29. The molecular formula is C18H24N2. The average molecular weight is 268 g/mol. The maximum Gasteiger partial charge on any atom is 0.0645 e. The van der Waals surface area contributed by atoms with E-state index in [2.05, 4.69) is 42.5 Å². The molecule has 0 amide bonds. The van der Waals surface area contributed by atoms with Crippen molar-refractivity contribution in [2.75, 3.05) is 0 Å². The smallest absolute Gasteiger partial charge is 0.0645 e. The second-order valence-electron chi connectivity index (χ2n) is 6.06. The van der Waals surface area contributed by atoms with Crippen LogP contribution in [-0.2, 0) is 6.42 Å². The molecule has 0 atom stereocenters. The third kappa shape index (κ3) is 3.12. The Morgan fingerprint density at radius 2 is 1.85 bits per heavy atom. The van der Waals surface area contributed by atoms with Gasteiger partial charge in [-0.2, -0.15) is 5.10 Å². The minimum Gasteiger partial charge on any atom is -0.240 e. The maximum absolute atomic E-state index is 4.66. The summed E-state index contributed by atoms with van der Waals surface area (Å²) in [6, 6.07) is 10.4. The van der Waals surface area contributed by atoms with Crippen molar-refractivity contribution in [3.63, 3.8) is 0 Å². The largest absolute Gasteiger partial charge is 0.240 e. The Bertz CT molecular complexity index is 536. The van der Waals surface area contributed by atoms with Crippen LogP contribution < -0.4 is 0 Å². The molecule has 0 spiro atoms. The van der Waals surface area contributed by atoms with Crippen LogP contribution in [0.5, 0.6) is 0 Å². The predicted octanol–water partition coefficient (Wildman–Crippen LogP) is 4.69. The maximum atomic E-state index is 4.66. The zero-order valence-electron chi connectivity index (χ0n) is 12.4. The molecule has 20 heavy (non-hydrogen) atoms. The highest BCUT2D eigenvalue weighted by atomic mass is 15.3. The zero-order valence-corrected chi connectivity index (χ0v) is 12.4. The van der Waals surface area contributed by atoms with Crippen molar-refractivity contribution in [3.05, 3.63) is 47.8 Å². The van der Waals surface area contributed by atoms with Crippen LogP contribution >= 0.6 is 0 Å². The minimum atomic E-state index is 0.947. The van der Waals surface area contributed by atoms with Gasteiger partial charge in [0, 0.05) is 6.20 Å². The molecule has 1 aliphatic carbocycles. The summed E-state index contributed by atoms with van der Waals surface area (Å²) in [4.78, 5) is 0. The van der Waals surface area contributed by atoms with E-state index in [1.807, 2.05) is 10.7 Å². The molecule has 106 valence electrons. The topological polar surface area (TPSA) is 17.8 Å². The lowest BCUT2D eigenvalue weighted by Gasteiger charge is -2.21. The van der Waals surface area contributed by atoms with Crippen molar-refractivity contribution in [1.82, 2.24) is 9.78 Å². The van der Waals surface area contributed by atoms with Gasteiger partial charge in [0.2, 0.25) is 0 Å². The Morgan fingerprint density at radius 3 is 2.60 bits per heavy atom. The second-order valence-corrected chi connectivity index (χ2v) is 6.06. The molecule has 0 saturated heterocycles. The molecular weight excluding hydrogens is 244 g/mol. The summed E-state index contributed by atoms with van der Waals surface area (Å²) in [5.41, 5.74) is 3.75. The molecule has 3 rings (SSSR count). The van der Waals surface area contributed by atoms with Crippen LogP contribution in [0.2, 0.25) is 0 Å². The van der Waals surface area contributed by atoms with Crippen LogP contribution in [-0.4, -0.2) is 9.78 Å². The lowest BCUT2D eigenvalue weighted by Crippen LogP contribution is -2.07. The van der Waals surface area contributed by atoms with E-state index in [-0.39, 0.29) is 0 Å². The summed E-state index contributed by atoms with van der Waals surface area (Å²) < 4.78 is 2.02. The monoisotopic (exact) mass is 268 g/mol. The summed E-state index contributed by atoms with van der Waals surface area (Å²) in [6.07, 6.45) is 11.9. The number of para-hydroxylation sites is 1. The quantitative estimate of drug-likeness (QED) is 0.786. The Hall–Kier alpha value is -1.57. The fraction of sp³-hybridized carbons (Fsp3) is 0.500. The molecule has 1 aliphatic rings. The number of hydrogen-bond donors (Lipinski definition) is 0. The normalized spacial score (nSPS) is 16.4. The third-order valence-electron chi connectivity index (χ3n) is 4.57. The summed E-state index contributed by atoms with van der Waals surface area (Å²) in [5, 5.41) is 4.66. The summed E-state index contributed by atoms with van der Waals surface area (Å²) in [6.45, 7) is 2.13. The molecule has 2 nitrogen and oxygen atoms in total. The van der Waals surface area contributed by atoms with Gasteiger partial charge < -0.3 is 0 Å². The van der Waals surface area contributed by atoms with Gasteiger partial charge in [-0.1, -0.05) is 50.3 Å². The van der Waals surface area contributed by atoms with Gasteiger partial charge in [-0.3, -0.25) is 0 Å². The Labute approximate surface area is 121 Å². The molecule has 1 aromatic carbocycles. The van der Waals surface area contributed by atoms with Crippen molar-refractivity contribution < 1.29 is 0 Å². The summed E-state index contributed by atoms with van der Waals surface area (Å²) >= 11 is 0. The van der Waals surface area contributed by atoms with E-state index < -0.39 is 0 Å². The molecule has 2 heteroatoms. The van der Waals surface area contributed by atoms with E-state index in [9.17, 15) is 0 Å². The number of aryl methyl sites for hydroxylation is 2. The molecule has 0 N–H and O–H groups in total. The second kappa shape index (κ2) is 6.25. The van der Waals surface area contributed by atoms with Crippen LogP contribution in [0.4, 0.5) is 0 Å². The SMILES string of the molecule is Cc1nn(-c2ccccc2)cc1CCC1CCCCC1. The number of hydrogen-bond acceptors (Lipinski definition) is 1. The molecule has 1 saturated carbocycles. The lowest BCUT2D eigenvalue weighted by atomic mass is 9.85. The Morgan fingerprint density at radius 1 is 1.10 bits per heavy atom. The van der Waals surface area contributed by atoms with Crippen molar-refractivity contribution in [2.45, 2.75) is 51.9 Å². The van der Waals surface area contributed by atoms with E-state index >= 15 is 0 Å². The fourth-order valence-electron chi connectivity index (χ4n) is 3.29. The lowest BCUT2D eigenvalue weighted by molar-refractivity contribution is 0.339. The van der Waals surface area contributed by atoms with E-state index in [1.165, 1.54) is 56.2 Å². The summed E-state index contributed by atoms with van der Waals surface area (Å²) in [5.74, 6) is 0.947. The zero-order chi connectivity index (χ0) is 13.8. The van der Waals surface area contributed by atoms with E-state index in [1.54, 1.807) is 0 Å². The van der Waals surface area contributed by atoms with Crippen LogP contribution in [0.15, 0.2) is 36.5 Å². The minimum absolute atomic E-state index is 0.947. The molecule has 0 radical (unpaired) electrons. The van der Waals surface area contributed by atoms with Gasteiger partial charge in [0.25, 0.3) is 0 Å². The number of nitrogens with zero attached hydrogens (tertiary/aromatic N) is 2. The standard InChI is InChI=1S/C18H24N2/c1-15-17(13-12-16-8-4-2-5-9-16)14-20(19-15)18-10-6-3-7-11-18/h3,6-7,10-11,14,16H,2,4-5,8-9,12-13H2,1H3. The molecule has 0 unspecified atom stereocenters. The first-order chi connectivity index (χ1) is 9.83. The molecule has 2 aromatic rings. The van der Waals surface area contributed by atoms with Crippen molar-refractivity contribution in [2.24, 2.45) is 5.92 Å². The summed E-state index contributed by atoms with van der Waals surface area (Å²) in [7, 11) is 0. The van der Waals surface area contributed by atoms with Crippen molar-refractivity contribution >= 4 is 0 Å². The highest BCUT2D eigenvalue weighted by molar-refractivity contribution is 5.32. The Kier molecular flexibility index (Phi) is 4.19. The molecule has 0 bridgehead atoms. The van der Waals surface area contributed by atoms with Gasteiger partial charge >= 0.3 is 0 Å². The van der Waals surface area contributed by atoms with Crippen LogP contribution in [0.25, 0.3) is 5.69 Å².